The molecule has 1 aliphatic carbocycles. The topological polar surface area (TPSA) is 49.3 Å². The van der Waals surface area contributed by atoms with Gasteiger partial charge in [0.05, 0.1) is 17.1 Å². The fraction of sp³-hybridized carbons (Fsp3) is 0.533. The summed E-state index contributed by atoms with van der Waals surface area (Å²) in [7, 11) is 1.47. The van der Waals surface area contributed by atoms with E-state index in [0.29, 0.717) is 18.4 Å². The number of carbonyl (C=O) groups is 1. The van der Waals surface area contributed by atoms with Crippen molar-refractivity contribution >= 4 is 5.91 Å². The van der Waals surface area contributed by atoms with Gasteiger partial charge in [-0.3, -0.25) is 4.79 Å². The van der Waals surface area contributed by atoms with Crippen molar-refractivity contribution in [2.24, 2.45) is 0 Å². The molecule has 21 heavy (non-hydrogen) atoms. The number of aliphatic hydroxyl groups is 1. The highest BCUT2D eigenvalue weighted by molar-refractivity contribution is 5.89. The molecular weight excluding hydrogens is 283 g/mol. The molecule has 2 rings (SSSR count). The van der Waals surface area contributed by atoms with Crippen LogP contribution in [0.15, 0.2) is 24.3 Å². The van der Waals surface area contributed by atoms with Gasteiger partial charge < -0.3 is 10.4 Å². The third-order valence-electron chi connectivity index (χ3n) is 4.23. The Hall–Kier alpha value is -1.56. The van der Waals surface area contributed by atoms with Gasteiger partial charge in [-0.2, -0.15) is 13.2 Å². The van der Waals surface area contributed by atoms with E-state index in [9.17, 15) is 23.1 Å². The zero-order valence-electron chi connectivity index (χ0n) is 11.7. The first-order valence-electron chi connectivity index (χ1n) is 6.90. The summed E-state index contributed by atoms with van der Waals surface area (Å²) in [6, 6.07) is 4.52. The summed E-state index contributed by atoms with van der Waals surface area (Å²) in [5, 5.41) is 12.8. The van der Waals surface area contributed by atoms with Gasteiger partial charge in [0.15, 0.2) is 0 Å². The number of carbonyl (C=O) groups excluding carboxylic acids is 1. The van der Waals surface area contributed by atoms with Crippen LogP contribution in [0.4, 0.5) is 13.2 Å². The molecule has 0 saturated heterocycles. The molecule has 3 nitrogen and oxygen atoms in total. The van der Waals surface area contributed by atoms with E-state index in [0.717, 1.165) is 25.0 Å². The average Bonchev–Trinajstić information content (AvgIpc) is 2.46. The standard InChI is InChI=1S/C15H18F3NO2/c1-19-13(21)14(9-3-2-4-12(14)20)10-5-7-11(8-6-10)15(16,17)18/h5-8,12,20H,2-4,9H2,1H3,(H,19,21)/t12-,14-/m0/s1. The Labute approximate surface area is 121 Å². The molecule has 0 aliphatic heterocycles. The lowest BCUT2D eigenvalue weighted by atomic mass is 9.66. The van der Waals surface area contributed by atoms with Crippen molar-refractivity contribution in [1.82, 2.24) is 5.32 Å². The number of amides is 1. The lowest BCUT2D eigenvalue weighted by Gasteiger charge is -2.40. The predicted octanol–water partition coefficient (Wildman–Crippen LogP) is 2.62. The van der Waals surface area contributed by atoms with Crippen LogP contribution in [0.25, 0.3) is 0 Å². The summed E-state index contributed by atoms with van der Waals surface area (Å²) in [6.07, 6.45) is -2.84. The van der Waals surface area contributed by atoms with E-state index in [2.05, 4.69) is 5.32 Å². The quantitative estimate of drug-likeness (QED) is 0.882. The fourth-order valence-corrected chi connectivity index (χ4v) is 3.07. The van der Waals surface area contributed by atoms with Gasteiger partial charge in [-0.15, -0.1) is 0 Å². The zero-order chi connectivity index (χ0) is 15.7. The van der Waals surface area contributed by atoms with Crippen LogP contribution in [0.1, 0.15) is 36.8 Å². The van der Waals surface area contributed by atoms with Crippen molar-refractivity contribution in [3.05, 3.63) is 35.4 Å². The third kappa shape index (κ3) is 2.77. The van der Waals surface area contributed by atoms with E-state index in [4.69, 9.17) is 0 Å². The molecular formula is C15H18F3NO2. The lowest BCUT2D eigenvalue weighted by Crippen LogP contribution is -2.53. The van der Waals surface area contributed by atoms with Gasteiger partial charge >= 0.3 is 6.18 Å². The van der Waals surface area contributed by atoms with E-state index in [-0.39, 0.29) is 5.91 Å². The van der Waals surface area contributed by atoms with Gasteiger partial charge in [0.1, 0.15) is 0 Å². The van der Waals surface area contributed by atoms with Crippen LogP contribution in [-0.2, 0) is 16.4 Å². The van der Waals surface area contributed by atoms with E-state index < -0.39 is 23.3 Å². The molecule has 1 aromatic carbocycles. The summed E-state index contributed by atoms with van der Waals surface area (Å²) in [6.45, 7) is 0. The molecule has 0 radical (unpaired) electrons. The number of benzene rings is 1. The number of halogens is 3. The maximum absolute atomic E-state index is 12.6. The first-order valence-corrected chi connectivity index (χ1v) is 6.90. The molecule has 1 saturated carbocycles. The minimum atomic E-state index is -4.41. The van der Waals surface area contributed by atoms with Gasteiger partial charge in [-0.25, -0.2) is 0 Å². The van der Waals surface area contributed by atoms with E-state index in [1.54, 1.807) is 0 Å². The Balaban J connectivity index is 2.45. The largest absolute Gasteiger partial charge is 0.416 e. The van der Waals surface area contributed by atoms with Crippen molar-refractivity contribution in [2.75, 3.05) is 7.05 Å². The van der Waals surface area contributed by atoms with Crippen LogP contribution < -0.4 is 5.32 Å². The van der Waals surface area contributed by atoms with Crippen LogP contribution in [0.3, 0.4) is 0 Å². The van der Waals surface area contributed by atoms with Crippen molar-refractivity contribution in [3.63, 3.8) is 0 Å². The molecule has 6 heteroatoms. The van der Waals surface area contributed by atoms with Gasteiger partial charge in [0, 0.05) is 7.05 Å². The van der Waals surface area contributed by atoms with Crippen LogP contribution in [0.2, 0.25) is 0 Å². The predicted molar refractivity (Wildman–Crippen MR) is 71.7 cm³/mol. The van der Waals surface area contributed by atoms with Crippen molar-refractivity contribution in [1.29, 1.82) is 0 Å². The third-order valence-corrected chi connectivity index (χ3v) is 4.23. The molecule has 0 bridgehead atoms. The molecule has 2 atom stereocenters. The van der Waals surface area contributed by atoms with E-state index >= 15 is 0 Å². The van der Waals surface area contributed by atoms with Crippen molar-refractivity contribution in [3.8, 4) is 0 Å². The molecule has 1 aromatic rings. The number of alkyl halides is 3. The Morgan fingerprint density at radius 3 is 2.38 bits per heavy atom. The smallest absolute Gasteiger partial charge is 0.392 e. The number of hydrogen-bond acceptors (Lipinski definition) is 2. The van der Waals surface area contributed by atoms with Gasteiger partial charge in [0.25, 0.3) is 0 Å². The first-order chi connectivity index (χ1) is 9.82. The number of aliphatic hydroxyl groups excluding tert-OH is 1. The molecule has 2 N–H and O–H groups in total. The van der Waals surface area contributed by atoms with E-state index in [1.807, 2.05) is 0 Å². The zero-order valence-corrected chi connectivity index (χ0v) is 11.7. The molecule has 1 fully saturated rings. The highest BCUT2D eigenvalue weighted by Gasteiger charge is 2.47. The number of likely N-dealkylation sites (N-methyl/N-ethyl adjacent to an activating group) is 1. The second kappa shape index (κ2) is 5.67. The van der Waals surface area contributed by atoms with Crippen LogP contribution >= 0.6 is 0 Å². The monoisotopic (exact) mass is 301 g/mol. The maximum atomic E-state index is 12.6. The van der Waals surface area contributed by atoms with E-state index in [1.165, 1.54) is 19.2 Å². The number of nitrogens with one attached hydrogen (secondary N) is 1. The van der Waals surface area contributed by atoms with Crippen LogP contribution in [0.5, 0.6) is 0 Å². The first kappa shape index (κ1) is 15.8. The highest BCUT2D eigenvalue weighted by Crippen LogP contribution is 2.41. The summed E-state index contributed by atoms with van der Waals surface area (Å²) in [5.74, 6) is -0.352. The average molecular weight is 301 g/mol. The Morgan fingerprint density at radius 2 is 1.90 bits per heavy atom. The van der Waals surface area contributed by atoms with Gasteiger partial charge in [-0.05, 0) is 30.5 Å². The van der Waals surface area contributed by atoms with Crippen molar-refractivity contribution < 1.29 is 23.1 Å². The summed E-state index contributed by atoms with van der Waals surface area (Å²) in [5.41, 5.74) is -1.48. The molecule has 0 unspecified atom stereocenters. The number of hydrogen-bond donors (Lipinski definition) is 2. The minimum absolute atomic E-state index is 0.352. The highest BCUT2D eigenvalue weighted by atomic mass is 19.4. The maximum Gasteiger partial charge on any atom is 0.416 e. The van der Waals surface area contributed by atoms with Crippen LogP contribution in [0, 0.1) is 0 Å². The molecule has 1 amide bonds. The molecule has 0 heterocycles. The second-order valence-corrected chi connectivity index (χ2v) is 5.39. The molecule has 116 valence electrons. The Kier molecular flexibility index (Phi) is 4.27. The minimum Gasteiger partial charge on any atom is -0.392 e. The molecule has 0 spiro atoms. The molecule has 0 aromatic heterocycles. The summed E-state index contributed by atoms with van der Waals surface area (Å²) >= 11 is 0. The Morgan fingerprint density at radius 1 is 1.29 bits per heavy atom. The van der Waals surface area contributed by atoms with Crippen LogP contribution in [-0.4, -0.2) is 24.2 Å². The molecule has 1 aliphatic rings. The SMILES string of the molecule is CNC(=O)[C@]1(c2ccc(C(F)(F)F)cc2)CCCC[C@@H]1O. The summed E-state index contributed by atoms with van der Waals surface area (Å²) in [4.78, 5) is 12.3. The van der Waals surface area contributed by atoms with Gasteiger partial charge in [-0.1, -0.05) is 25.0 Å². The normalized spacial score (nSPS) is 26.4. The van der Waals surface area contributed by atoms with Gasteiger partial charge in [0.2, 0.25) is 5.91 Å². The van der Waals surface area contributed by atoms with Crippen molar-refractivity contribution in [2.45, 2.75) is 43.4 Å². The fourth-order valence-electron chi connectivity index (χ4n) is 3.07. The number of rotatable bonds is 2. The lowest BCUT2D eigenvalue weighted by molar-refractivity contribution is -0.137. The second-order valence-electron chi connectivity index (χ2n) is 5.39. The Bertz CT molecular complexity index is 513. The summed E-state index contributed by atoms with van der Waals surface area (Å²) < 4.78 is 37.9.